The zero-order valence-corrected chi connectivity index (χ0v) is 14.2. The van der Waals surface area contributed by atoms with Crippen molar-refractivity contribution in [1.29, 1.82) is 0 Å². The largest absolute Gasteiger partial charge is 0.478 e. The Morgan fingerprint density at radius 3 is 2.21 bits per heavy atom. The van der Waals surface area contributed by atoms with Gasteiger partial charge < -0.3 is 14.6 Å². The molecule has 0 fully saturated rings. The summed E-state index contributed by atoms with van der Waals surface area (Å²) in [5, 5.41) is 9.94. The predicted octanol–water partition coefficient (Wildman–Crippen LogP) is 2.19. The number of nitrogens with one attached hydrogen (secondary N) is 1. The molecule has 0 atom stereocenters. The van der Waals surface area contributed by atoms with Gasteiger partial charge in [0.15, 0.2) is 0 Å². The second-order valence-electron chi connectivity index (χ2n) is 5.94. The first-order valence-electron chi connectivity index (χ1n) is 7.29. The Balaban J connectivity index is 2.98. The predicted molar refractivity (Wildman–Crippen MR) is 86.8 cm³/mol. The minimum absolute atomic E-state index is 0.0347. The molecule has 1 rings (SSSR count). The smallest absolute Gasteiger partial charge is 0.427 e. The number of nitrogens with zero attached hydrogens (tertiary/aromatic N) is 1. The van der Waals surface area contributed by atoms with Crippen molar-refractivity contribution in [2.75, 3.05) is 18.7 Å². The molecule has 132 valence electrons. The van der Waals surface area contributed by atoms with E-state index >= 15 is 0 Å². The number of amides is 2. The first-order valence-corrected chi connectivity index (χ1v) is 7.29. The molecule has 24 heavy (non-hydrogen) atoms. The Bertz CT molecular complexity index is 592. The molecule has 0 heterocycles. The molecule has 0 unspecified atom stereocenters. The summed E-state index contributed by atoms with van der Waals surface area (Å²) in [4.78, 5) is 35.1. The van der Waals surface area contributed by atoms with E-state index in [9.17, 15) is 14.4 Å². The number of anilines is 1. The van der Waals surface area contributed by atoms with Crippen LogP contribution in [0, 0.1) is 0 Å². The molecule has 0 bridgehead atoms. The monoisotopic (exact) mass is 338 g/mol. The lowest BCUT2D eigenvalue weighted by Crippen LogP contribution is -2.48. The molecule has 0 aliphatic carbocycles. The van der Waals surface area contributed by atoms with Crippen LogP contribution < -0.4 is 10.4 Å². The molecule has 2 N–H and O–H groups in total. The number of carbonyl (C=O) groups excluding carboxylic acids is 2. The fraction of sp³-hybridized carbons (Fsp3) is 0.438. The number of benzene rings is 1. The first-order chi connectivity index (χ1) is 11.1. The van der Waals surface area contributed by atoms with Crippen LogP contribution in [0.5, 0.6) is 0 Å². The molecule has 1 aromatic rings. The average Bonchev–Trinajstić information content (AvgIpc) is 2.48. The Kier molecular flexibility index (Phi) is 6.72. The Hall–Kier alpha value is -2.61. The first kappa shape index (κ1) is 19.4. The molecular weight excluding hydrogens is 316 g/mol. The van der Waals surface area contributed by atoms with Crippen LogP contribution in [0.15, 0.2) is 24.3 Å². The third-order valence-electron chi connectivity index (χ3n) is 2.74. The molecule has 0 spiro atoms. The summed E-state index contributed by atoms with van der Waals surface area (Å²) in [5.41, 5.74) is 2.02. The second-order valence-corrected chi connectivity index (χ2v) is 5.94. The molecule has 2 amide bonds. The lowest BCUT2D eigenvalue weighted by atomic mass is 10.2. The summed E-state index contributed by atoms with van der Waals surface area (Å²) >= 11 is 0. The van der Waals surface area contributed by atoms with E-state index in [-0.39, 0.29) is 18.6 Å². The number of ether oxygens (including phenoxy) is 2. The maximum atomic E-state index is 12.3. The summed E-state index contributed by atoms with van der Waals surface area (Å²) in [5.74, 6) is -1.51. The summed E-state index contributed by atoms with van der Waals surface area (Å²) < 4.78 is 10.0. The third-order valence-corrected chi connectivity index (χ3v) is 2.74. The number of hydrogen-bond acceptors (Lipinski definition) is 5. The minimum Gasteiger partial charge on any atom is -0.478 e. The van der Waals surface area contributed by atoms with Gasteiger partial charge in [0.05, 0.1) is 24.3 Å². The van der Waals surface area contributed by atoms with Gasteiger partial charge in [0, 0.05) is 7.11 Å². The van der Waals surface area contributed by atoms with Crippen LogP contribution in [0.3, 0.4) is 0 Å². The van der Waals surface area contributed by atoms with E-state index < -0.39 is 23.6 Å². The summed E-state index contributed by atoms with van der Waals surface area (Å²) in [6, 6.07) is 5.52. The zero-order chi connectivity index (χ0) is 18.3. The topological polar surface area (TPSA) is 105 Å². The Morgan fingerprint density at radius 2 is 1.75 bits per heavy atom. The van der Waals surface area contributed by atoms with Crippen LogP contribution in [0.4, 0.5) is 10.5 Å². The quantitative estimate of drug-likeness (QED) is 0.797. The second kappa shape index (κ2) is 8.30. The van der Waals surface area contributed by atoms with Crippen LogP contribution in [-0.2, 0) is 14.3 Å². The summed E-state index contributed by atoms with van der Waals surface area (Å²) in [6.45, 7) is 5.28. The van der Waals surface area contributed by atoms with Crippen molar-refractivity contribution in [3.8, 4) is 0 Å². The van der Waals surface area contributed by atoms with E-state index in [0.29, 0.717) is 5.69 Å². The van der Waals surface area contributed by atoms with Crippen molar-refractivity contribution < 1.29 is 29.0 Å². The Morgan fingerprint density at radius 1 is 1.17 bits per heavy atom. The number of carboxylic acids is 1. The molecule has 0 saturated carbocycles. The lowest BCUT2D eigenvalue weighted by Gasteiger charge is -2.26. The van der Waals surface area contributed by atoms with E-state index in [1.807, 2.05) is 0 Å². The standard InChI is InChI=1S/C16H22N2O6/c1-16(2,3)24-15(22)17-18(13(19)9-10-23-4)12-7-5-11(6-8-12)14(20)21/h5-8H,9-10H2,1-4H3,(H,17,22)(H,20,21). The molecule has 1 aromatic carbocycles. The Labute approximate surface area is 140 Å². The van der Waals surface area contributed by atoms with Gasteiger partial charge in [-0.2, -0.15) is 0 Å². The summed E-state index contributed by atoms with van der Waals surface area (Å²) in [6.07, 6.45) is -0.761. The number of aromatic carboxylic acids is 1. The average molecular weight is 338 g/mol. The van der Waals surface area contributed by atoms with Crippen LogP contribution in [0.1, 0.15) is 37.6 Å². The SMILES string of the molecule is COCCC(=O)N(NC(=O)OC(C)(C)C)c1ccc(C(=O)O)cc1. The van der Waals surface area contributed by atoms with Gasteiger partial charge in [-0.3, -0.25) is 4.79 Å². The van der Waals surface area contributed by atoms with Gasteiger partial charge in [-0.25, -0.2) is 20.0 Å². The van der Waals surface area contributed by atoms with Gasteiger partial charge in [0.2, 0.25) is 5.91 Å². The molecule has 0 saturated heterocycles. The van der Waals surface area contributed by atoms with E-state index in [2.05, 4.69) is 5.43 Å². The minimum atomic E-state index is -1.08. The normalized spacial score (nSPS) is 10.8. The lowest BCUT2D eigenvalue weighted by molar-refractivity contribution is -0.120. The van der Waals surface area contributed by atoms with Crippen molar-refractivity contribution in [1.82, 2.24) is 5.43 Å². The number of methoxy groups -OCH3 is 1. The van der Waals surface area contributed by atoms with E-state index in [1.54, 1.807) is 20.8 Å². The molecule has 0 aliphatic rings. The maximum absolute atomic E-state index is 12.3. The van der Waals surface area contributed by atoms with Crippen molar-refractivity contribution in [2.24, 2.45) is 0 Å². The zero-order valence-electron chi connectivity index (χ0n) is 14.2. The highest BCUT2D eigenvalue weighted by atomic mass is 16.6. The molecule has 8 nitrogen and oxygen atoms in total. The number of carboxylic acid groups (broad SMARTS) is 1. The van der Waals surface area contributed by atoms with Crippen LogP contribution >= 0.6 is 0 Å². The number of hydrazine groups is 1. The fourth-order valence-corrected chi connectivity index (χ4v) is 1.72. The number of rotatable bonds is 5. The highest BCUT2D eigenvalue weighted by Gasteiger charge is 2.22. The highest BCUT2D eigenvalue weighted by molar-refractivity contribution is 5.96. The van der Waals surface area contributed by atoms with Crippen molar-refractivity contribution in [3.05, 3.63) is 29.8 Å². The molecular formula is C16H22N2O6. The maximum Gasteiger partial charge on any atom is 0.427 e. The van der Waals surface area contributed by atoms with Crippen LogP contribution in [0.2, 0.25) is 0 Å². The third kappa shape index (κ3) is 6.25. The fourth-order valence-electron chi connectivity index (χ4n) is 1.72. The van der Waals surface area contributed by atoms with E-state index in [4.69, 9.17) is 14.6 Å². The molecule has 0 aromatic heterocycles. The highest BCUT2D eigenvalue weighted by Crippen LogP contribution is 2.16. The van der Waals surface area contributed by atoms with E-state index in [1.165, 1.54) is 31.4 Å². The van der Waals surface area contributed by atoms with Gasteiger partial charge in [0.1, 0.15) is 5.60 Å². The number of carbonyl (C=O) groups is 3. The molecule has 0 aliphatic heterocycles. The van der Waals surface area contributed by atoms with Gasteiger partial charge >= 0.3 is 12.1 Å². The van der Waals surface area contributed by atoms with Crippen molar-refractivity contribution in [2.45, 2.75) is 32.8 Å². The van der Waals surface area contributed by atoms with Crippen LogP contribution in [-0.4, -0.2) is 42.4 Å². The van der Waals surface area contributed by atoms with Crippen LogP contribution in [0.25, 0.3) is 0 Å². The number of hydrogen-bond donors (Lipinski definition) is 2. The van der Waals surface area contributed by atoms with Gasteiger partial charge in [-0.05, 0) is 45.0 Å². The van der Waals surface area contributed by atoms with E-state index in [0.717, 1.165) is 5.01 Å². The van der Waals surface area contributed by atoms with Crippen molar-refractivity contribution in [3.63, 3.8) is 0 Å². The molecule has 0 radical (unpaired) electrons. The van der Waals surface area contributed by atoms with Crippen molar-refractivity contribution >= 4 is 23.7 Å². The van der Waals surface area contributed by atoms with Gasteiger partial charge in [-0.15, -0.1) is 0 Å². The molecule has 8 heteroatoms. The summed E-state index contributed by atoms with van der Waals surface area (Å²) in [7, 11) is 1.46. The van der Waals surface area contributed by atoms with Gasteiger partial charge in [-0.1, -0.05) is 0 Å². The van der Waals surface area contributed by atoms with Gasteiger partial charge in [0.25, 0.3) is 0 Å².